The highest BCUT2D eigenvalue weighted by Gasteiger charge is 2.20. The molecule has 10 aromatic rings. The van der Waals surface area contributed by atoms with Crippen molar-refractivity contribution in [3.8, 4) is 22.3 Å². The van der Waals surface area contributed by atoms with E-state index < -0.39 is 0 Å². The molecule has 0 unspecified atom stereocenters. The summed E-state index contributed by atoms with van der Waals surface area (Å²) in [7, 11) is 0. The van der Waals surface area contributed by atoms with Crippen LogP contribution >= 0.6 is 0 Å². The van der Waals surface area contributed by atoms with Gasteiger partial charge in [-0.25, -0.2) is 0 Å². The molecule has 1 aromatic heterocycles. The van der Waals surface area contributed by atoms with Gasteiger partial charge in [-0.3, -0.25) is 0 Å². The smallest absolute Gasteiger partial charge is 0.143 e. The van der Waals surface area contributed by atoms with Gasteiger partial charge in [0.25, 0.3) is 0 Å². The van der Waals surface area contributed by atoms with Crippen molar-refractivity contribution in [1.29, 1.82) is 0 Å². The van der Waals surface area contributed by atoms with E-state index in [1.165, 1.54) is 38.1 Å². The Morgan fingerprint density at radius 1 is 0.360 bits per heavy atom. The van der Waals surface area contributed by atoms with Crippen LogP contribution < -0.4 is 4.90 Å². The number of nitrogens with zero attached hydrogens (tertiary/aromatic N) is 1. The first-order valence-corrected chi connectivity index (χ1v) is 17.1. The zero-order chi connectivity index (χ0) is 33.0. The predicted molar refractivity (Wildman–Crippen MR) is 212 cm³/mol. The molecule has 0 bridgehead atoms. The zero-order valence-corrected chi connectivity index (χ0v) is 27.3. The summed E-state index contributed by atoms with van der Waals surface area (Å²) in [6.45, 7) is 0. The topological polar surface area (TPSA) is 16.4 Å². The summed E-state index contributed by atoms with van der Waals surface area (Å²) in [6, 6.07) is 67.3. The summed E-state index contributed by atoms with van der Waals surface area (Å²) in [5, 5.41) is 9.54. The van der Waals surface area contributed by atoms with Gasteiger partial charge in [0.15, 0.2) is 0 Å². The molecule has 2 nitrogen and oxygen atoms in total. The number of rotatable bonds is 5. The van der Waals surface area contributed by atoms with Crippen molar-refractivity contribution in [2.24, 2.45) is 0 Å². The first-order valence-electron chi connectivity index (χ1n) is 17.1. The summed E-state index contributed by atoms with van der Waals surface area (Å²) in [5.41, 5.74) is 9.90. The molecule has 0 fully saturated rings. The molecule has 10 rings (SSSR count). The number of anilines is 3. The van der Waals surface area contributed by atoms with E-state index in [0.29, 0.717) is 0 Å². The van der Waals surface area contributed by atoms with Gasteiger partial charge in [0, 0.05) is 32.9 Å². The molecule has 0 saturated heterocycles. The van der Waals surface area contributed by atoms with E-state index in [4.69, 9.17) is 4.42 Å². The molecule has 0 radical (unpaired) electrons. The van der Waals surface area contributed by atoms with Crippen LogP contribution in [0.3, 0.4) is 0 Å². The molecule has 0 aliphatic heterocycles. The minimum absolute atomic E-state index is 0.894. The number of furan rings is 1. The van der Waals surface area contributed by atoms with E-state index in [1.807, 2.05) is 0 Å². The van der Waals surface area contributed by atoms with Crippen LogP contribution in [0.2, 0.25) is 0 Å². The second kappa shape index (κ2) is 11.5. The van der Waals surface area contributed by atoms with Gasteiger partial charge in [0.2, 0.25) is 0 Å². The van der Waals surface area contributed by atoms with Crippen LogP contribution in [-0.2, 0) is 0 Å². The largest absolute Gasteiger partial charge is 0.455 e. The van der Waals surface area contributed by atoms with E-state index in [-0.39, 0.29) is 0 Å². The number of fused-ring (bicyclic) bond motifs is 8. The second-order valence-electron chi connectivity index (χ2n) is 12.9. The van der Waals surface area contributed by atoms with E-state index >= 15 is 0 Å². The van der Waals surface area contributed by atoms with E-state index in [2.05, 4.69) is 193 Å². The van der Waals surface area contributed by atoms with Gasteiger partial charge in [-0.15, -0.1) is 0 Å². The highest BCUT2D eigenvalue weighted by Crippen LogP contribution is 2.45. The molecule has 0 atom stereocenters. The monoisotopic (exact) mass is 637 g/mol. The van der Waals surface area contributed by atoms with Crippen molar-refractivity contribution in [3.05, 3.63) is 188 Å². The third kappa shape index (κ3) is 4.50. The van der Waals surface area contributed by atoms with Crippen LogP contribution in [0.5, 0.6) is 0 Å². The molecule has 0 aliphatic rings. The van der Waals surface area contributed by atoms with Crippen molar-refractivity contribution in [1.82, 2.24) is 0 Å². The van der Waals surface area contributed by atoms with E-state index in [0.717, 1.165) is 55.5 Å². The average molecular weight is 638 g/mol. The summed E-state index contributed by atoms with van der Waals surface area (Å²) in [4.78, 5) is 2.38. The fourth-order valence-corrected chi connectivity index (χ4v) is 7.76. The third-order valence-electron chi connectivity index (χ3n) is 10.0. The SMILES string of the molecule is c1ccc(-c2cc3c(oc4cccc(-c5ccc(N(c6ccccc6)c6cc7ccccc7c7ccccc67)cc5)c43)c3ccccc23)cc1. The van der Waals surface area contributed by atoms with Gasteiger partial charge >= 0.3 is 0 Å². The molecular weight excluding hydrogens is 607 g/mol. The summed E-state index contributed by atoms with van der Waals surface area (Å²) in [5.74, 6) is 0. The maximum atomic E-state index is 6.66. The van der Waals surface area contributed by atoms with Gasteiger partial charge in [-0.2, -0.15) is 0 Å². The second-order valence-corrected chi connectivity index (χ2v) is 12.9. The number of hydrogen-bond donors (Lipinski definition) is 0. The number of para-hydroxylation sites is 1. The molecule has 1 heterocycles. The first-order chi connectivity index (χ1) is 24.8. The lowest BCUT2D eigenvalue weighted by Gasteiger charge is -2.27. The standard InChI is InChI=1S/C48H31NO/c1-3-14-32(15-4-1)43-31-44-47-38(24-13-25-46(47)50-48(44)42-23-12-10-21-40(42)43)33-26-28-36(29-27-33)49(35-17-5-2-6-18-35)45-30-34-16-7-8-19-37(34)39-20-9-11-22-41(39)45/h1-31H. The van der Waals surface area contributed by atoms with Crippen molar-refractivity contribution >= 4 is 71.3 Å². The molecule has 0 N–H and O–H groups in total. The maximum Gasteiger partial charge on any atom is 0.143 e. The summed E-state index contributed by atoms with van der Waals surface area (Å²) >= 11 is 0. The van der Waals surface area contributed by atoms with Crippen LogP contribution in [0.1, 0.15) is 0 Å². The third-order valence-corrected chi connectivity index (χ3v) is 10.0. The highest BCUT2D eigenvalue weighted by atomic mass is 16.3. The van der Waals surface area contributed by atoms with Crippen molar-refractivity contribution in [2.75, 3.05) is 4.90 Å². The molecule has 234 valence electrons. The Morgan fingerprint density at radius 2 is 0.960 bits per heavy atom. The Labute approximate surface area is 290 Å². The van der Waals surface area contributed by atoms with Crippen LogP contribution in [0.25, 0.3) is 76.5 Å². The van der Waals surface area contributed by atoms with Gasteiger partial charge < -0.3 is 9.32 Å². The van der Waals surface area contributed by atoms with Crippen LogP contribution in [0.15, 0.2) is 192 Å². The lowest BCUT2D eigenvalue weighted by Crippen LogP contribution is -2.10. The Bertz CT molecular complexity index is 2850. The quantitative estimate of drug-likeness (QED) is 0.175. The zero-order valence-electron chi connectivity index (χ0n) is 27.3. The van der Waals surface area contributed by atoms with Gasteiger partial charge in [-0.05, 0) is 86.3 Å². The number of hydrogen-bond acceptors (Lipinski definition) is 2. The Morgan fingerprint density at radius 3 is 1.74 bits per heavy atom. The predicted octanol–water partition coefficient (Wildman–Crippen LogP) is 13.8. The Kier molecular flexibility index (Phi) is 6.53. The molecule has 2 heteroatoms. The van der Waals surface area contributed by atoms with E-state index in [1.54, 1.807) is 0 Å². The van der Waals surface area contributed by atoms with Gasteiger partial charge in [0.05, 0.1) is 5.69 Å². The molecule has 50 heavy (non-hydrogen) atoms. The first kappa shape index (κ1) is 28.4. The normalized spacial score (nSPS) is 11.6. The van der Waals surface area contributed by atoms with Crippen LogP contribution in [-0.4, -0.2) is 0 Å². The molecule has 0 saturated carbocycles. The van der Waals surface area contributed by atoms with Crippen molar-refractivity contribution < 1.29 is 4.42 Å². The highest BCUT2D eigenvalue weighted by molar-refractivity contribution is 6.22. The van der Waals surface area contributed by atoms with Gasteiger partial charge in [-0.1, -0.05) is 146 Å². The molecule has 0 spiro atoms. The molecule has 0 aliphatic carbocycles. The lowest BCUT2D eigenvalue weighted by molar-refractivity contribution is 0.673. The van der Waals surface area contributed by atoms with Crippen molar-refractivity contribution in [3.63, 3.8) is 0 Å². The fraction of sp³-hybridized carbons (Fsp3) is 0. The Hall–Kier alpha value is -6.64. The summed E-state index contributed by atoms with van der Waals surface area (Å²) < 4.78 is 6.66. The fourth-order valence-electron chi connectivity index (χ4n) is 7.76. The Balaban J connectivity index is 1.16. The minimum atomic E-state index is 0.894. The maximum absolute atomic E-state index is 6.66. The van der Waals surface area contributed by atoms with E-state index in [9.17, 15) is 0 Å². The van der Waals surface area contributed by atoms with Crippen LogP contribution in [0, 0.1) is 0 Å². The summed E-state index contributed by atoms with van der Waals surface area (Å²) in [6.07, 6.45) is 0. The molecule has 0 amide bonds. The number of benzene rings is 9. The lowest BCUT2D eigenvalue weighted by atomic mass is 9.93. The minimum Gasteiger partial charge on any atom is -0.455 e. The molecular formula is C48H31NO. The average Bonchev–Trinajstić information content (AvgIpc) is 3.58. The van der Waals surface area contributed by atoms with Crippen LogP contribution in [0.4, 0.5) is 17.1 Å². The van der Waals surface area contributed by atoms with Crippen molar-refractivity contribution in [2.45, 2.75) is 0 Å². The molecule has 9 aromatic carbocycles. The van der Waals surface area contributed by atoms with Gasteiger partial charge in [0.1, 0.15) is 11.2 Å².